The number of aliphatic hydroxyl groups is 2. The zero-order valence-corrected chi connectivity index (χ0v) is 17.6. The van der Waals surface area contributed by atoms with Gasteiger partial charge in [-0.1, -0.05) is 35.3 Å². The van der Waals surface area contributed by atoms with E-state index in [1.165, 1.54) is 10.9 Å². The Morgan fingerprint density at radius 2 is 1.94 bits per heavy atom. The van der Waals surface area contributed by atoms with Crippen LogP contribution in [-0.4, -0.2) is 59.5 Å². The molecule has 0 amide bonds. The average Bonchev–Trinajstić information content (AvgIpc) is 3.18. The normalized spacial score (nSPS) is 24.1. The number of fused-ring (bicyclic) bond motifs is 1. The van der Waals surface area contributed by atoms with Gasteiger partial charge in [-0.2, -0.15) is 0 Å². The van der Waals surface area contributed by atoms with Crippen LogP contribution < -0.4 is 15.4 Å². The molecule has 31 heavy (non-hydrogen) atoms. The lowest BCUT2D eigenvalue weighted by molar-refractivity contribution is -0.745. The van der Waals surface area contributed by atoms with Crippen molar-refractivity contribution in [1.82, 2.24) is 14.5 Å². The Morgan fingerprint density at radius 1 is 1.23 bits per heavy atom. The number of nitrogen functional groups attached to an aromatic ring is 1. The van der Waals surface area contributed by atoms with E-state index in [4.69, 9.17) is 15.0 Å². The molecular formula is C17H20N5O7PS. The molecule has 2 aromatic heterocycles. The Morgan fingerprint density at radius 3 is 2.61 bits per heavy atom. The summed E-state index contributed by atoms with van der Waals surface area (Å²) in [5, 5.41) is 33.4. The van der Waals surface area contributed by atoms with Gasteiger partial charge in [-0.05, 0) is 17.4 Å². The predicted octanol–water partition coefficient (Wildman–Crippen LogP) is -1.73. The summed E-state index contributed by atoms with van der Waals surface area (Å²) in [5.41, 5.74) is 6.81. The third-order valence-electron chi connectivity index (χ3n) is 4.86. The molecule has 14 heteroatoms. The summed E-state index contributed by atoms with van der Waals surface area (Å²) < 4.78 is 13.4. The number of benzene rings is 1. The molecule has 0 spiro atoms. The largest absolute Gasteiger partial charge is 0.856 e. The van der Waals surface area contributed by atoms with E-state index in [0.717, 1.165) is 5.56 Å². The Bertz CT molecular complexity index is 1140. The minimum absolute atomic E-state index is 0.112. The van der Waals surface area contributed by atoms with Crippen LogP contribution in [0.1, 0.15) is 11.8 Å². The molecule has 3 aromatic rings. The molecule has 6 N–H and O–H groups in total. The molecule has 1 fully saturated rings. The monoisotopic (exact) mass is 469 g/mol. The molecular weight excluding hydrogens is 449 g/mol. The Kier molecular flexibility index (Phi) is 5.94. The first-order valence-electron chi connectivity index (χ1n) is 9.14. The van der Waals surface area contributed by atoms with Gasteiger partial charge in [0.05, 0.1) is 13.2 Å². The summed E-state index contributed by atoms with van der Waals surface area (Å²) in [5.74, 6) is -0.857. The summed E-state index contributed by atoms with van der Waals surface area (Å²) >= 11 is 4.39. The van der Waals surface area contributed by atoms with Gasteiger partial charge in [-0.3, -0.25) is 4.57 Å². The number of anilines is 1. The topological polar surface area (TPSA) is 183 Å². The van der Waals surface area contributed by atoms with Crippen LogP contribution in [0.3, 0.4) is 0 Å². The molecule has 1 aliphatic rings. The van der Waals surface area contributed by atoms with Crippen LogP contribution in [0, 0.1) is 0 Å². The highest BCUT2D eigenvalue weighted by Gasteiger charge is 2.47. The maximum absolute atomic E-state index is 12.6. The third kappa shape index (κ3) is 4.54. The first-order valence-corrected chi connectivity index (χ1v) is 11.8. The quantitative estimate of drug-likeness (QED) is 0.204. The summed E-state index contributed by atoms with van der Waals surface area (Å²) in [6.45, 7) is -4.12. The highest BCUT2D eigenvalue weighted by atomic mass is 32.5. The van der Waals surface area contributed by atoms with Crippen molar-refractivity contribution < 1.29 is 38.9 Å². The number of imidazole rings is 1. The van der Waals surface area contributed by atoms with E-state index < -0.39 is 43.7 Å². The molecule has 1 saturated heterocycles. The molecule has 0 aliphatic carbocycles. The SMILES string of the molecule is Nc1nc([O-])c2c(n1)[n+]([C@@H]1O[C@H](COP(O)(O)=S)[C@@H](O)[C@H]1O)cn2Cc1ccccc1. The van der Waals surface area contributed by atoms with Gasteiger partial charge in [0.1, 0.15) is 18.3 Å². The van der Waals surface area contributed by atoms with Crippen LogP contribution in [-0.2, 0) is 27.6 Å². The highest BCUT2D eigenvalue weighted by molar-refractivity contribution is 8.06. The highest BCUT2D eigenvalue weighted by Crippen LogP contribution is 2.38. The predicted molar refractivity (Wildman–Crippen MR) is 108 cm³/mol. The van der Waals surface area contributed by atoms with E-state index in [-0.39, 0.29) is 17.1 Å². The van der Waals surface area contributed by atoms with Crippen molar-refractivity contribution >= 4 is 35.6 Å². The number of hydrogen-bond acceptors (Lipinski definition) is 9. The van der Waals surface area contributed by atoms with E-state index >= 15 is 0 Å². The van der Waals surface area contributed by atoms with Crippen LogP contribution in [0.4, 0.5) is 5.95 Å². The van der Waals surface area contributed by atoms with E-state index in [1.54, 1.807) is 4.57 Å². The van der Waals surface area contributed by atoms with E-state index in [9.17, 15) is 25.1 Å². The molecule has 0 radical (unpaired) electrons. The fraction of sp³-hybridized carbons (Fsp3) is 0.353. The van der Waals surface area contributed by atoms with Crippen molar-refractivity contribution in [2.24, 2.45) is 0 Å². The molecule has 0 bridgehead atoms. The number of ether oxygens (including phenoxy) is 1. The fourth-order valence-corrected chi connectivity index (χ4v) is 4.01. The molecule has 4 atom stereocenters. The zero-order chi connectivity index (χ0) is 22.3. The number of rotatable bonds is 6. The molecule has 1 aromatic carbocycles. The van der Waals surface area contributed by atoms with Crippen LogP contribution in [0.15, 0.2) is 36.7 Å². The summed E-state index contributed by atoms with van der Waals surface area (Å²) in [6, 6.07) is 9.34. The van der Waals surface area contributed by atoms with E-state index in [0.29, 0.717) is 6.54 Å². The Balaban J connectivity index is 1.72. The second-order valence-corrected chi connectivity index (χ2v) is 9.69. The van der Waals surface area contributed by atoms with Crippen molar-refractivity contribution in [3.63, 3.8) is 0 Å². The van der Waals surface area contributed by atoms with Crippen molar-refractivity contribution in [3.8, 4) is 5.88 Å². The van der Waals surface area contributed by atoms with Gasteiger partial charge in [0.25, 0.3) is 5.95 Å². The second-order valence-electron chi connectivity index (χ2n) is 7.03. The van der Waals surface area contributed by atoms with E-state index in [1.807, 2.05) is 30.3 Å². The minimum Gasteiger partial charge on any atom is -0.856 e. The summed E-state index contributed by atoms with van der Waals surface area (Å²) in [6.07, 6.45) is -3.60. The van der Waals surface area contributed by atoms with Crippen molar-refractivity contribution in [2.75, 3.05) is 12.3 Å². The van der Waals surface area contributed by atoms with Crippen LogP contribution >= 0.6 is 6.72 Å². The molecule has 3 heterocycles. The number of aromatic nitrogens is 4. The number of nitrogens with zero attached hydrogens (tertiary/aromatic N) is 4. The van der Waals surface area contributed by atoms with Crippen LogP contribution in [0.5, 0.6) is 5.88 Å². The summed E-state index contributed by atoms with van der Waals surface area (Å²) in [4.78, 5) is 26.3. The van der Waals surface area contributed by atoms with Crippen molar-refractivity contribution in [3.05, 3.63) is 42.2 Å². The first-order chi connectivity index (χ1) is 14.6. The molecule has 12 nitrogen and oxygen atoms in total. The average molecular weight is 469 g/mol. The maximum Gasteiger partial charge on any atom is 0.321 e. The van der Waals surface area contributed by atoms with Gasteiger partial charge >= 0.3 is 12.4 Å². The molecule has 0 saturated carbocycles. The van der Waals surface area contributed by atoms with Crippen molar-refractivity contribution in [2.45, 2.75) is 31.1 Å². The minimum atomic E-state index is -3.97. The third-order valence-corrected chi connectivity index (χ3v) is 5.66. The number of aliphatic hydroxyl groups excluding tert-OH is 2. The maximum atomic E-state index is 12.6. The van der Waals surface area contributed by atoms with E-state index in [2.05, 4.69) is 21.8 Å². The number of nitrogens with two attached hydrogens (primary N) is 1. The number of hydrogen-bond donors (Lipinski definition) is 5. The summed E-state index contributed by atoms with van der Waals surface area (Å²) in [7, 11) is 0. The van der Waals surface area contributed by atoms with Crippen molar-refractivity contribution in [1.29, 1.82) is 0 Å². The van der Waals surface area contributed by atoms with Gasteiger partial charge in [0.2, 0.25) is 6.23 Å². The lowest BCUT2D eigenvalue weighted by Gasteiger charge is -2.15. The van der Waals surface area contributed by atoms with Gasteiger partial charge in [0.15, 0.2) is 11.8 Å². The molecule has 4 rings (SSSR count). The van der Waals surface area contributed by atoms with Crippen LogP contribution in [0.25, 0.3) is 11.2 Å². The van der Waals surface area contributed by atoms with Gasteiger partial charge in [-0.15, -0.1) is 0 Å². The Labute approximate surface area is 181 Å². The second kappa shape index (κ2) is 8.37. The zero-order valence-electron chi connectivity index (χ0n) is 15.9. The van der Waals surface area contributed by atoms with Gasteiger partial charge in [0, 0.05) is 5.88 Å². The van der Waals surface area contributed by atoms with Crippen LogP contribution in [0.2, 0.25) is 0 Å². The smallest absolute Gasteiger partial charge is 0.321 e. The molecule has 0 unspecified atom stereocenters. The van der Waals surface area contributed by atoms with Gasteiger partial charge in [-0.25, -0.2) is 9.55 Å². The lowest BCUT2D eigenvalue weighted by Crippen LogP contribution is -2.46. The standard InChI is InChI=1S/C17H20N5O7PS/c18-17-19-14-11(15(25)20-17)21(6-9-4-2-1-3-5-9)8-22(14)16-13(24)12(23)10(29-16)7-28-30(26,27)31/h1-5,8,10,12-13,16,23-24H,6-7H2,(H4-,18,19,20,25,26,27,31)/t10-,12-,13-,16-/m1/s1. The Hall–Kier alpha value is -2.22. The molecule has 166 valence electrons. The van der Waals surface area contributed by atoms with Gasteiger partial charge < -0.3 is 40.1 Å². The fourth-order valence-electron chi connectivity index (χ4n) is 3.49. The lowest BCUT2D eigenvalue weighted by atomic mass is 10.1. The first kappa shape index (κ1) is 22.0. The molecule has 1 aliphatic heterocycles.